The van der Waals surface area contributed by atoms with E-state index in [0.29, 0.717) is 18.4 Å². The van der Waals surface area contributed by atoms with Gasteiger partial charge < -0.3 is 29.6 Å². The Morgan fingerprint density at radius 3 is 2.14 bits per heavy atom. The van der Waals surface area contributed by atoms with Crippen molar-refractivity contribution in [1.82, 2.24) is 25.6 Å². The highest BCUT2D eigenvalue weighted by Gasteiger charge is 2.39. The number of fused-ring (bicyclic) bond motifs is 1. The van der Waals surface area contributed by atoms with Gasteiger partial charge in [-0.3, -0.25) is 4.79 Å². The molecule has 2 aromatic carbocycles. The third-order valence-electron chi connectivity index (χ3n) is 6.15. The maximum absolute atomic E-state index is 12.8. The van der Waals surface area contributed by atoms with E-state index in [2.05, 4.69) is 25.6 Å². The first-order valence-corrected chi connectivity index (χ1v) is 14.2. The zero-order chi connectivity index (χ0) is 31.4. The monoisotopic (exact) mass is 613 g/mol. The van der Waals surface area contributed by atoms with E-state index >= 15 is 0 Å². The van der Waals surface area contributed by atoms with Gasteiger partial charge in [0.25, 0.3) is 0 Å². The van der Waals surface area contributed by atoms with Crippen LogP contribution in [0.4, 0.5) is 9.59 Å². The SMILES string of the molecule is CC(C)(C)OC(=O)N[C@@H]1C[C@H](NC(=O)OC(C)(C)C)[C@@H](Oc2nc(Cl)nc(OCC(=O)c3ccc4ccccc4c3)n2)C1. The predicted molar refractivity (Wildman–Crippen MR) is 159 cm³/mol. The summed E-state index contributed by atoms with van der Waals surface area (Å²) in [5.41, 5.74) is -0.924. The minimum atomic E-state index is -0.717. The number of nitrogens with zero attached hydrogens (tertiary/aromatic N) is 3. The van der Waals surface area contributed by atoms with Crippen molar-refractivity contribution in [1.29, 1.82) is 0 Å². The summed E-state index contributed by atoms with van der Waals surface area (Å²) in [7, 11) is 0. The van der Waals surface area contributed by atoms with Crippen LogP contribution in [0.1, 0.15) is 64.7 Å². The van der Waals surface area contributed by atoms with Crippen LogP contribution in [0.3, 0.4) is 0 Å². The number of ether oxygens (including phenoxy) is 4. The van der Waals surface area contributed by atoms with Gasteiger partial charge in [0.2, 0.25) is 5.28 Å². The Morgan fingerprint density at radius 2 is 1.47 bits per heavy atom. The van der Waals surface area contributed by atoms with E-state index < -0.39 is 41.6 Å². The van der Waals surface area contributed by atoms with Gasteiger partial charge in [0.1, 0.15) is 17.3 Å². The maximum Gasteiger partial charge on any atom is 0.408 e. The van der Waals surface area contributed by atoms with E-state index in [0.717, 1.165) is 10.8 Å². The number of halogens is 1. The van der Waals surface area contributed by atoms with Gasteiger partial charge in [-0.05, 0) is 76.4 Å². The summed E-state index contributed by atoms with van der Waals surface area (Å²) >= 11 is 6.12. The van der Waals surface area contributed by atoms with Gasteiger partial charge in [-0.15, -0.1) is 4.98 Å². The summed E-state index contributed by atoms with van der Waals surface area (Å²) in [5, 5.41) is 7.34. The fourth-order valence-corrected chi connectivity index (χ4v) is 4.62. The first-order chi connectivity index (χ1) is 20.1. The van der Waals surface area contributed by atoms with Crippen LogP contribution < -0.4 is 20.1 Å². The Kier molecular flexibility index (Phi) is 9.59. The zero-order valence-electron chi connectivity index (χ0n) is 25.0. The number of hydrogen-bond acceptors (Lipinski definition) is 10. The van der Waals surface area contributed by atoms with Crippen molar-refractivity contribution >= 4 is 40.3 Å². The molecule has 0 saturated heterocycles. The van der Waals surface area contributed by atoms with E-state index in [4.69, 9.17) is 30.5 Å². The number of ketones is 1. The number of Topliss-reactive ketones (excluding diaryl/α,β-unsaturated/α-hetero) is 1. The van der Waals surface area contributed by atoms with Crippen LogP contribution >= 0.6 is 11.6 Å². The van der Waals surface area contributed by atoms with Gasteiger partial charge >= 0.3 is 24.2 Å². The summed E-state index contributed by atoms with van der Waals surface area (Å²) < 4.78 is 22.3. The number of rotatable bonds is 8. The molecule has 0 unspecified atom stereocenters. The van der Waals surface area contributed by atoms with Gasteiger partial charge in [-0.2, -0.15) is 9.97 Å². The minimum absolute atomic E-state index is 0.174. The fourth-order valence-electron chi connectivity index (χ4n) is 4.48. The van der Waals surface area contributed by atoms with Crippen molar-refractivity contribution < 1.29 is 33.3 Å². The molecule has 1 heterocycles. The first-order valence-electron chi connectivity index (χ1n) is 13.9. The number of carbonyl (C=O) groups is 3. The molecule has 0 aliphatic heterocycles. The number of benzene rings is 2. The fraction of sp³-hybridized carbons (Fsp3) is 0.467. The Labute approximate surface area is 254 Å². The van der Waals surface area contributed by atoms with Crippen molar-refractivity contribution in [2.45, 2.75) is 83.8 Å². The Bertz CT molecular complexity index is 1490. The molecule has 3 atom stereocenters. The van der Waals surface area contributed by atoms with E-state index in [-0.39, 0.29) is 29.7 Å². The van der Waals surface area contributed by atoms with Crippen molar-refractivity contribution in [3.8, 4) is 12.0 Å². The van der Waals surface area contributed by atoms with E-state index in [1.807, 2.05) is 30.3 Å². The molecular formula is C30H36ClN5O7. The minimum Gasteiger partial charge on any atom is -0.458 e. The average molecular weight is 614 g/mol. The molecule has 1 fully saturated rings. The Hall–Kier alpha value is -4.19. The molecule has 0 bridgehead atoms. The molecule has 2 N–H and O–H groups in total. The van der Waals surface area contributed by atoms with Crippen LogP contribution in [-0.4, -0.2) is 68.9 Å². The zero-order valence-corrected chi connectivity index (χ0v) is 25.7. The van der Waals surface area contributed by atoms with Gasteiger partial charge in [-0.1, -0.05) is 36.4 Å². The lowest BCUT2D eigenvalue weighted by atomic mass is 10.0. The Balaban J connectivity index is 1.44. The molecule has 13 heteroatoms. The van der Waals surface area contributed by atoms with Gasteiger partial charge in [-0.25, -0.2) is 9.59 Å². The van der Waals surface area contributed by atoms with Crippen molar-refractivity contribution in [3.63, 3.8) is 0 Å². The van der Waals surface area contributed by atoms with Crippen LogP contribution in [0.2, 0.25) is 5.28 Å². The smallest absolute Gasteiger partial charge is 0.408 e. The molecule has 1 aromatic heterocycles. The number of amides is 2. The topological polar surface area (TPSA) is 151 Å². The number of alkyl carbamates (subject to hydrolysis) is 2. The second-order valence-corrected chi connectivity index (χ2v) is 12.5. The second kappa shape index (κ2) is 13.0. The van der Waals surface area contributed by atoms with Crippen molar-refractivity contribution in [2.24, 2.45) is 0 Å². The average Bonchev–Trinajstić information content (AvgIpc) is 3.23. The normalized spacial score (nSPS) is 18.5. The van der Waals surface area contributed by atoms with E-state index in [1.54, 1.807) is 53.7 Å². The molecule has 12 nitrogen and oxygen atoms in total. The number of carbonyl (C=O) groups excluding carboxylic acids is 3. The molecule has 0 radical (unpaired) electrons. The molecule has 1 aliphatic carbocycles. The molecule has 2 amide bonds. The van der Waals surface area contributed by atoms with Gasteiger partial charge in [0.15, 0.2) is 12.4 Å². The molecule has 3 aromatic rings. The van der Waals surface area contributed by atoms with Gasteiger partial charge in [0, 0.05) is 18.0 Å². The maximum atomic E-state index is 12.8. The van der Waals surface area contributed by atoms with Gasteiger partial charge in [0.05, 0.1) is 6.04 Å². The molecule has 4 rings (SSSR count). The number of aromatic nitrogens is 3. The highest BCUT2D eigenvalue weighted by Crippen LogP contribution is 2.26. The summed E-state index contributed by atoms with van der Waals surface area (Å²) in [6.45, 7) is 10.2. The van der Waals surface area contributed by atoms with Crippen molar-refractivity contribution in [3.05, 3.63) is 53.3 Å². The van der Waals surface area contributed by atoms with Crippen LogP contribution in [0.15, 0.2) is 42.5 Å². The molecule has 0 spiro atoms. The summed E-state index contributed by atoms with van der Waals surface area (Å²) in [6.07, 6.45) is -1.30. The highest BCUT2D eigenvalue weighted by molar-refractivity contribution is 6.28. The lowest BCUT2D eigenvalue weighted by molar-refractivity contribution is 0.0457. The third-order valence-corrected chi connectivity index (χ3v) is 6.32. The molecule has 1 aliphatic rings. The molecule has 43 heavy (non-hydrogen) atoms. The summed E-state index contributed by atoms with van der Waals surface area (Å²) in [6, 6.07) is 11.7. The summed E-state index contributed by atoms with van der Waals surface area (Å²) in [4.78, 5) is 49.9. The van der Waals surface area contributed by atoms with Crippen LogP contribution in [0.25, 0.3) is 10.8 Å². The van der Waals surface area contributed by atoms with Crippen LogP contribution in [0.5, 0.6) is 12.0 Å². The molecular weight excluding hydrogens is 578 g/mol. The molecule has 1 saturated carbocycles. The van der Waals surface area contributed by atoms with E-state index in [1.165, 1.54) is 0 Å². The number of nitrogens with one attached hydrogen (secondary N) is 2. The second-order valence-electron chi connectivity index (χ2n) is 12.2. The lowest BCUT2D eigenvalue weighted by Gasteiger charge is -2.24. The standard InChI is InChI=1S/C30H36ClN5O7/c1-29(2,3)42-27(38)32-20-14-21(33-28(39)43-30(4,5)6)23(15-20)41-26-35-24(31)34-25(36-26)40-16-22(37)19-12-11-17-9-7-8-10-18(17)13-19/h7-13,20-21,23H,14-16H2,1-6H3,(H,32,38)(H,33,39)/t20-,21+,23+/m1/s1. The quantitative estimate of drug-likeness (QED) is 0.322. The third kappa shape index (κ3) is 9.67. The molecule has 230 valence electrons. The predicted octanol–water partition coefficient (Wildman–Crippen LogP) is 5.27. The highest BCUT2D eigenvalue weighted by atomic mass is 35.5. The Morgan fingerprint density at radius 1 is 0.837 bits per heavy atom. The van der Waals surface area contributed by atoms with E-state index in [9.17, 15) is 14.4 Å². The van der Waals surface area contributed by atoms with Crippen LogP contribution in [-0.2, 0) is 9.47 Å². The first kappa shape index (κ1) is 31.7. The van der Waals surface area contributed by atoms with Crippen LogP contribution in [0, 0.1) is 0 Å². The summed E-state index contributed by atoms with van der Waals surface area (Å²) in [5.74, 6) is -0.279. The largest absolute Gasteiger partial charge is 0.458 e. The van der Waals surface area contributed by atoms with Crippen molar-refractivity contribution in [2.75, 3.05) is 6.61 Å². The number of hydrogen-bond donors (Lipinski definition) is 2. The lowest BCUT2D eigenvalue weighted by Crippen LogP contribution is -2.45.